The van der Waals surface area contributed by atoms with E-state index < -0.39 is 23.1 Å². The standard InChI is InChI=1S/C21H19BrF2N2O3/c22-16-3-1-2-14(8-16)12-26-13-21(29-20(26)28)4-6-25(7-5-21)19(27)15-9-17(23)11-18(24)10-15/h1-3,8-11H,4-7,12-13H2. The Hall–Kier alpha value is -2.48. The highest BCUT2D eigenvalue weighted by Crippen LogP contribution is 2.34. The molecule has 0 unspecified atom stereocenters. The maximum Gasteiger partial charge on any atom is 0.410 e. The topological polar surface area (TPSA) is 49.9 Å². The summed E-state index contributed by atoms with van der Waals surface area (Å²) < 4.78 is 33.5. The summed E-state index contributed by atoms with van der Waals surface area (Å²) in [7, 11) is 0. The zero-order valence-corrected chi connectivity index (χ0v) is 17.1. The second-order valence-corrected chi connectivity index (χ2v) is 8.40. The summed E-state index contributed by atoms with van der Waals surface area (Å²) in [5, 5.41) is 0. The fraction of sp³-hybridized carbons (Fsp3) is 0.333. The zero-order valence-electron chi connectivity index (χ0n) is 15.5. The maximum absolute atomic E-state index is 13.4. The second kappa shape index (κ2) is 7.74. The molecule has 2 aromatic carbocycles. The summed E-state index contributed by atoms with van der Waals surface area (Å²) in [5.41, 5.74) is 0.347. The van der Waals surface area contributed by atoms with Crippen LogP contribution in [0.2, 0.25) is 0 Å². The number of ether oxygens (including phenoxy) is 1. The summed E-state index contributed by atoms with van der Waals surface area (Å²) in [4.78, 5) is 28.2. The number of halogens is 3. The van der Waals surface area contributed by atoms with Gasteiger partial charge in [0, 0.05) is 48.6 Å². The van der Waals surface area contributed by atoms with E-state index in [9.17, 15) is 18.4 Å². The van der Waals surface area contributed by atoms with E-state index in [0.717, 1.165) is 28.2 Å². The fourth-order valence-corrected chi connectivity index (χ4v) is 4.35. The number of piperidine rings is 1. The lowest BCUT2D eigenvalue weighted by Crippen LogP contribution is -2.48. The fourth-order valence-electron chi connectivity index (χ4n) is 3.91. The van der Waals surface area contributed by atoms with Crippen molar-refractivity contribution < 1.29 is 23.1 Å². The molecule has 0 atom stereocenters. The SMILES string of the molecule is O=C1OC2(CCN(C(=O)c3cc(F)cc(F)c3)CC2)CN1Cc1cccc(Br)c1. The number of hydrogen-bond donors (Lipinski definition) is 0. The molecule has 0 saturated carbocycles. The zero-order chi connectivity index (χ0) is 20.6. The molecule has 152 valence electrons. The first-order valence-electron chi connectivity index (χ1n) is 9.31. The van der Waals surface area contributed by atoms with Crippen molar-refractivity contribution in [3.8, 4) is 0 Å². The number of benzene rings is 2. The van der Waals surface area contributed by atoms with E-state index in [1.807, 2.05) is 24.3 Å². The van der Waals surface area contributed by atoms with Crippen LogP contribution in [0.25, 0.3) is 0 Å². The number of carbonyl (C=O) groups is 2. The van der Waals surface area contributed by atoms with Gasteiger partial charge in [-0.2, -0.15) is 0 Å². The lowest BCUT2D eigenvalue weighted by atomic mass is 9.91. The predicted molar refractivity (Wildman–Crippen MR) is 105 cm³/mol. The average molecular weight is 465 g/mol. The third-order valence-corrected chi connectivity index (χ3v) is 5.87. The van der Waals surface area contributed by atoms with Crippen LogP contribution in [0.4, 0.5) is 13.6 Å². The van der Waals surface area contributed by atoms with Crippen LogP contribution in [0.1, 0.15) is 28.8 Å². The van der Waals surface area contributed by atoms with Crippen molar-refractivity contribution in [2.75, 3.05) is 19.6 Å². The van der Waals surface area contributed by atoms with Crippen molar-refractivity contribution in [2.45, 2.75) is 25.0 Å². The third kappa shape index (κ3) is 4.27. The minimum atomic E-state index is -0.783. The molecule has 1 spiro atoms. The molecule has 0 aromatic heterocycles. The minimum absolute atomic E-state index is 0.0156. The Kier molecular flexibility index (Phi) is 5.29. The smallest absolute Gasteiger partial charge is 0.410 e. The molecule has 2 saturated heterocycles. The van der Waals surface area contributed by atoms with Crippen LogP contribution in [0.3, 0.4) is 0 Å². The van der Waals surface area contributed by atoms with Crippen molar-refractivity contribution in [3.05, 3.63) is 69.7 Å². The van der Waals surface area contributed by atoms with Crippen molar-refractivity contribution in [2.24, 2.45) is 0 Å². The first-order valence-corrected chi connectivity index (χ1v) is 10.1. The monoisotopic (exact) mass is 464 g/mol. The first-order chi connectivity index (χ1) is 13.8. The van der Waals surface area contributed by atoms with Gasteiger partial charge in [0.15, 0.2) is 0 Å². The molecule has 5 nitrogen and oxygen atoms in total. The normalized spacial score (nSPS) is 18.2. The summed E-state index contributed by atoms with van der Waals surface area (Å²) in [5.74, 6) is -1.99. The van der Waals surface area contributed by atoms with E-state index >= 15 is 0 Å². The van der Waals surface area contributed by atoms with Crippen LogP contribution >= 0.6 is 15.9 Å². The van der Waals surface area contributed by atoms with Gasteiger partial charge in [-0.25, -0.2) is 13.6 Å². The largest absolute Gasteiger partial charge is 0.441 e. The van der Waals surface area contributed by atoms with E-state index in [-0.39, 0.29) is 11.7 Å². The van der Waals surface area contributed by atoms with Gasteiger partial charge in [-0.15, -0.1) is 0 Å². The molecule has 2 amide bonds. The van der Waals surface area contributed by atoms with Crippen LogP contribution in [-0.2, 0) is 11.3 Å². The molecular weight excluding hydrogens is 446 g/mol. The Labute approximate surface area is 175 Å². The Balaban J connectivity index is 1.39. The number of amides is 2. The van der Waals surface area contributed by atoms with Crippen LogP contribution in [0.15, 0.2) is 46.9 Å². The Morgan fingerprint density at radius 1 is 1.10 bits per heavy atom. The van der Waals surface area contributed by atoms with Crippen molar-refractivity contribution >= 4 is 27.9 Å². The van der Waals surface area contributed by atoms with E-state index in [4.69, 9.17) is 4.74 Å². The van der Waals surface area contributed by atoms with Crippen molar-refractivity contribution in [1.29, 1.82) is 0 Å². The quantitative estimate of drug-likeness (QED) is 0.678. The molecule has 8 heteroatoms. The number of nitrogens with zero attached hydrogens (tertiary/aromatic N) is 2. The molecule has 2 fully saturated rings. The van der Waals surface area contributed by atoms with Crippen LogP contribution < -0.4 is 0 Å². The average Bonchev–Trinajstić information content (AvgIpc) is 2.96. The molecule has 2 aliphatic heterocycles. The van der Waals surface area contributed by atoms with Crippen molar-refractivity contribution in [3.63, 3.8) is 0 Å². The Bertz CT molecular complexity index is 940. The number of rotatable bonds is 3. The third-order valence-electron chi connectivity index (χ3n) is 5.37. The minimum Gasteiger partial charge on any atom is -0.441 e. The molecule has 2 aliphatic rings. The predicted octanol–water partition coefficient (Wildman–Crippen LogP) is 4.35. The molecule has 0 aliphatic carbocycles. The maximum atomic E-state index is 13.4. The summed E-state index contributed by atoms with van der Waals surface area (Å²) >= 11 is 3.43. The molecule has 0 bridgehead atoms. The molecule has 29 heavy (non-hydrogen) atoms. The highest BCUT2D eigenvalue weighted by molar-refractivity contribution is 9.10. The number of carbonyl (C=O) groups excluding carboxylic acids is 2. The molecule has 2 aromatic rings. The Morgan fingerprint density at radius 2 is 1.79 bits per heavy atom. The summed E-state index contributed by atoms with van der Waals surface area (Å²) in [6, 6.07) is 10.5. The van der Waals surface area contributed by atoms with Crippen LogP contribution in [-0.4, -0.2) is 47.0 Å². The highest BCUT2D eigenvalue weighted by atomic mass is 79.9. The van der Waals surface area contributed by atoms with Gasteiger partial charge in [0.2, 0.25) is 0 Å². The lowest BCUT2D eigenvalue weighted by molar-refractivity contribution is 0.00309. The van der Waals surface area contributed by atoms with Gasteiger partial charge in [0.05, 0.1) is 6.54 Å². The number of likely N-dealkylation sites (tertiary alicyclic amines) is 1. The molecule has 2 heterocycles. The van der Waals surface area contributed by atoms with Gasteiger partial charge in [-0.1, -0.05) is 28.1 Å². The first kappa shape index (κ1) is 19.8. The van der Waals surface area contributed by atoms with Gasteiger partial charge in [-0.05, 0) is 29.8 Å². The molecular formula is C21H19BrF2N2O3. The van der Waals surface area contributed by atoms with Crippen LogP contribution in [0, 0.1) is 11.6 Å². The molecule has 0 N–H and O–H groups in total. The molecule has 4 rings (SSSR count). The van der Waals surface area contributed by atoms with Gasteiger partial charge < -0.3 is 9.64 Å². The van der Waals surface area contributed by atoms with E-state index in [2.05, 4.69) is 15.9 Å². The van der Waals surface area contributed by atoms with Crippen LogP contribution in [0.5, 0.6) is 0 Å². The highest BCUT2D eigenvalue weighted by Gasteiger charge is 2.47. The number of hydrogen-bond acceptors (Lipinski definition) is 3. The van der Waals surface area contributed by atoms with Crippen molar-refractivity contribution in [1.82, 2.24) is 9.80 Å². The van der Waals surface area contributed by atoms with Gasteiger partial charge in [-0.3, -0.25) is 9.69 Å². The van der Waals surface area contributed by atoms with E-state index in [1.54, 1.807) is 9.80 Å². The van der Waals surface area contributed by atoms with Gasteiger partial charge in [0.25, 0.3) is 5.91 Å². The van der Waals surface area contributed by atoms with E-state index in [0.29, 0.717) is 39.0 Å². The summed E-state index contributed by atoms with van der Waals surface area (Å²) in [6.07, 6.45) is 0.603. The molecule has 0 radical (unpaired) electrons. The van der Waals surface area contributed by atoms with E-state index in [1.165, 1.54) is 0 Å². The Morgan fingerprint density at radius 3 is 2.45 bits per heavy atom. The van der Waals surface area contributed by atoms with Gasteiger partial charge in [0.1, 0.15) is 17.2 Å². The summed E-state index contributed by atoms with van der Waals surface area (Å²) in [6.45, 7) is 1.62. The van der Waals surface area contributed by atoms with Gasteiger partial charge >= 0.3 is 6.09 Å². The second-order valence-electron chi connectivity index (χ2n) is 7.49. The lowest BCUT2D eigenvalue weighted by Gasteiger charge is -2.37.